The van der Waals surface area contributed by atoms with E-state index in [1.807, 2.05) is 6.92 Å². The molecule has 0 amide bonds. The molecule has 0 aliphatic carbocycles. The highest BCUT2D eigenvalue weighted by atomic mass is 16.3. The van der Waals surface area contributed by atoms with E-state index in [0.717, 1.165) is 13.0 Å². The minimum Gasteiger partial charge on any atom is -0.395 e. The van der Waals surface area contributed by atoms with Gasteiger partial charge in [0.05, 0.1) is 12.7 Å². The van der Waals surface area contributed by atoms with Crippen molar-refractivity contribution in [1.29, 1.82) is 5.26 Å². The average Bonchev–Trinajstić information content (AvgIpc) is 2.31. The molecule has 0 radical (unpaired) electrons. The molecule has 0 atom stereocenters. The van der Waals surface area contributed by atoms with Crippen LogP contribution in [0.25, 0.3) is 0 Å². The third-order valence-corrected chi connectivity index (χ3v) is 2.30. The van der Waals surface area contributed by atoms with Crippen molar-refractivity contribution in [3.8, 4) is 6.07 Å². The molecular formula is C13H22N2O. The quantitative estimate of drug-likeness (QED) is 0.640. The van der Waals surface area contributed by atoms with Crippen molar-refractivity contribution < 1.29 is 5.11 Å². The highest BCUT2D eigenvalue weighted by Gasteiger charge is 2.04. The second-order valence-electron chi connectivity index (χ2n) is 3.58. The summed E-state index contributed by atoms with van der Waals surface area (Å²) in [5.74, 6) is 0. The van der Waals surface area contributed by atoms with E-state index in [2.05, 4.69) is 36.1 Å². The number of allylic oxidation sites excluding steroid dienone is 2. The number of hydrogen-bond acceptors (Lipinski definition) is 3. The first-order valence-electron chi connectivity index (χ1n) is 5.80. The van der Waals surface area contributed by atoms with Gasteiger partial charge in [0, 0.05) is 26.1 Å². The number of aliphatic hydroxyl groups excluding tert-OH is 1. The first-order valence-corrected chi connectivity index (χ1v) is 5.80. The van der Waals surface area contributed by atoms with Gasteiger partial charge in [0.15, 0.2) is 0 Å². The molecule has 0 fully saturated rings. The highest BCUT2D eigenvalue weighted by Crippen LogP contribution is 2.03. The average molecular weight is 222 g/mol. The molecule has 3 heteroatoms. The second kappa shape index (κ2) is 10.4. The summed E-state index contributed by atoms with van der Waals surface area (Å²) >= 11 is 0. The Kier molecular flexibility index (Phi) is 9.69. The lowest BCUT2D eigenvalue weighted by Crippen LogP contribution is -2.29. The predicted molar refractivity (Wildman–Crippen MR) is 66.9 cm³/mol. The first-order chi connectivity index (χ1) is 7.78. The van der Waals surface area contributed by atoms with Gasteiger partial charge in [-0.15, -0.1) is 0 Å². The molecule has 0 heterocycles. The highest BCUT2D eigenvalue weighted by molar-refractivity contribution is 5.19. The lowest BCUT2D eigenvalue weighted by atomic mass is 10.2. The molecule has 0 bridgehead atoms. The van der Waals surface area contributed by atoms with E-state index in [4.69, 9.17) is 10.4 Å². The Bertz CT molecular complexity index is 264. The zero-order chi connectivity index (χ0) is 12.2. The Balaban J connectivity index is 4.24. The van der Waals surface area contributed by atoms with Crippen LogP contribution in [0.2, 0.25) is 0 Å². The Morgan fingerprint density at radius 2 is 2.19 bits per heavy atom. The molecule has 0 spiro atoms. The number of hydrogen-bond donors (Lipinski definition) is 1. The van der Waals surface area contributed by atoms with Crippen LogP contribution in [0, 0.1) is 11.3 Å². The Morgan fingerprint density at radius 1 is 1.44 bits per heavy atom. The van der Waals surface area contributed by atoms with Crippen LogP contribution in [-0.4, -0.2) is 36.2 Å². The molecule has 0 unspecified atom stereocenters. The zero-order valence-corrected chi connectivity index (χ0v) is 10.3. The smallest absolute Gasteiger partial charge is 0.0635 e. The van der Waals surface area contributed by atoms with Gasteiger partial charge >= 0.3 is 0 Å². The van der Waals surface area contributed by atoms with Crippen LogP contribution < -0.4 is 0 Å². The van der Waals surface area contributed by atoms with Crippen molar-refractivity contribution in [2.75, 3.05) is 26.2 Å². The van der Waals surface area contributed by atoms with Gasteiger partial charge < -0.3 is 5.11 Å². The fourth-order valence-electron chi connectivity index (χ4n) is 1.39. The summed E-state index contributed by atoms with van der Waals surface area (Å²) in [6.07, 6.45) is 7.83. The molecular weight excluding hydrogens is 200 g/mol. The van der Waals surface area contributed by atoms with Crippen molar-refractivity contribution in [2.24, 2.45) is 0 Å². The van der Waals surface area contributed by atoms with Crippen LogP contribution in [0.5, 0.6) is 0 Å². The van der Waals surface area contributed by atoms with Crippen LogP contribution in [0.3, 0.4) is 0 Å². The molecule has 0 aromatic rings. The van der Waals surface area contributed by atoms with E-state index < -0.39 is 0 Å². The number of nitrogens with zero attached hydrogens (tertiary/aromatic N) is 2. The summed E-state index contributed by atoms with van der Waals surface area (Å²) in [6.45, 7) is 6.39. The van der Waals surface area contributed by atoms with E-state index >= 15 is 0 Å². The second-order valence-corrected chi connectivity index (χ2v) is 3.58. The minimum absolute atomic E-state index is 0.139. The third-order valence-electron chi connectivity index (χ3n) is 2.30. The maximum Gasteiger partial charge on any atom is 0.0635 e. The molecule has 0 aromatic heterocycles. The van der Waals surface area contributed by atoms with Gasteiger partial charge in [0.25, 0.3) is 0 Å². The molecule has 1 N–H and O–H groups in total. The van der Waals surface area contributed by atoms with E-state index in [1.54, 1.807) is 0 Å². The summed E-state index contributed by atoms with van der Waals surface area (Å²) in [5, 5.41) is 17.5. The van der Waals surface area contributed by atoms with Gasteiger partial charge in [-0.1, -0.05) is 25.2 Å². The Morgan fingerprint density at radius 3 is 2.69 bits per heavy atom. The summed E-state index contributed by atoms with van der Waals surface area (Å²) in [7, 11) is 0. The van der Waals surface area contributed by atoms with Gasteiger partial charge in [-0.05, 0) is 18.9 Å². The lowest BCUT2D eigenvalue weighted by molar-refractivity contribution is 0.209. The Labute approximate surface area is 98.7 Å². The van der Waals surface area contributed by atoms with E-state index in [0.29, 0.717) is 19.5 Å². The van der Waals surface area contributed by atoms with Crippen LogP contribution >= 0.6 is 0 Å². The molecule has 90 valence electrons. The van der Waals surface area contributed by atoms with Gasteiger partial charge in [0.1, 0.15) is 0 Å². The van der Waals surface area contributed by atoms with Crippen molar-refractivity contribution in [3.05, 3.63) is 23.8 Å². The van der Waals surface area contributed by atoms with E-state index in [1.165, 1.54) is 5.57 Å². The van der Waals surface area contributed by atoms with Gasteiger partial charge in [-0.25, -0.2) is 0 Å². The fourth-order valence-corrected chi connectivity index (χ4v) is 1.39. The van der Waals surface area contributed by atoms with Crippen LogP contribution in [0.15, 0.2) is 23.8 Å². The number of rotatable bonds is 8. The molecule has 0 aliphatic heterocycles. The van der Waals surface area contributed by atoms with Gasteiger partial charge in [-0.2, -0.15) is 5.26 Å². The van der Waals surface area contributed by atoms with Gasteiger partial charge in [0.2, 0.25) is 0 Å². The summed E-state index contributed by atoms with van der Waals surface area (Å²) in [4.78, 5) is 2.10. The summed E-state index contributed by atoms with van der Waals surface area (Å²) in [6, 6.07) is 2.13. The third kappa shape index (κ3) is 7.22. The summed E-state index contributed by atoms with van der Waals surface area (Å²) in [5.41, 5.74) is 1.23. The monoisotopic (exact) mass is 222 g/mol. The van der Waals surface area contributed by atoms with E-state index in [-0.39, 0.29) is 6.61 Å². The first kappa shape index (κ1) is 14.9. The molecule has 0 rings (SSSR count). The lowest BCUT2D eigenvalue weighted by Gasteiger charge is -2.20. The number of nitriles is 1. The predicted octanol–water partition coefficient (Wildman–Crippen LogP) is 2.11. The molecule has 0 aromatic carbocycles. The van der Waals surface area contributed by atoms with Gasteiger partial charge in [-0.3, -0.25) is 4.90 Å². The number of aliphatic hydroxyl groups is 1. The topological polar surface area (TPSA) is 47.3 Å². The standard InChI is InChI=1S/C13H22N2O/c1-3-5-7-13(4-2)12-15(10-11-16)9-6-8-14/h4-5,7,16H,3,6,9-12H2,1-2H3/b7-5-,13-4+. The minimum atomic E-state index is 0.139. The fraction of sp³-hybridized carbons (Fsp3) is 0.615. The van der Waals surface area contributed by atoms with E-state index in [9.17, 15) is 0 Å². The molecule has 16 heavy (non-hydrogen) atoms. The zero-order valence-electron chi connectivity index (χ0n) is 10.3. The van der Waals surface area contributed by atoms with Crippen LogP contribution in [-0.2, 0) is 0 Å². The van der Waals surface area contributed by atoms with Crippen molar-refractivity contribution in [3.63, 3.8) is 0 Å². The van der Waals surface area contributed by atoms with Crippen LogP contribution in [0.1, 0.15) is 26.7 Å². The van der Waals surface area contributed by atoms with Crippen molar-refractivity contribution in [2.45, 2.75) is 26.7 Å². The largest absolute Gasteiger partial charge is 0.395 e. The van der Waals surface area contributed by atoms with Crippen LogP contribution in [0.4, 0.5) is 0 Å². The molecule has 3 nitrogen and oxygen atoms in total. The summed E-state index contributed by atoms with van der Waals surface area (Å²) < 4.78 is 0. The molecule has 0 saturated heterocycles. The van der Waals surface area contributed by atoms with Crippen molar-refractivity contribution >= 4 is 0 Å². The van der Waals surface area contributed by atoms with Crippen molar-refractivity contribution in [1.82, 2.24) is 4.90 Å². The SMILES string of the molecule is C/C=C(\C=C/CC)CN(CCO)CCC#N. The maximum absolute atomic E-state index is 8.94. The normalized spacial score (nSPS) is 12.3. The maximum atomic E-state index is 8.94. The molecule has 0 saturated carbocycles. The molecule has 0 aliphatic rings. The Hall–Kier alpha value is -1.11.